The third-order valence-electron chi connectivity index (χ3n) is 3.96. The third kappa shape index (κ3) is 3.72. The molecule has 0 spiro atoms. The van der Waals surface area contributed by atoms with Gasteiger partial charge < -0.3 is 5.73 Å². The average Bonchev–Trinajstić information content (AvgIpc) is 3.01. The summed E-state index contributed by atoms with van der Waals surface area (Å²) in [4.78, 5) is 14.9. The molecule has 0 fully saturated rings. The number of hydrogen-bond donors (Lipinski definition) is 1. The van der Waals surface area contributed by atoms with E-state index in [1.54, 1.807) is 12.3 Å². The summed E-state index contributed by atoms with van der Waals surface area (Å²) < 4.78 is 1.94. The first-order valence-electron chi connectivity index (χ1n) is 8.04. The van der Waals surface area contributed by atoms with E-state index in [-0.39, 0.29) is 5.69 Å². The van der Waals surface area contributed by atoms with Crippen molar-refractivity contribution in [2.24, 2.45) is 5.73 Å². The van der Waals surface area contributed by atoms with E-state index in [2.05, 4.69) is 10.1 Å². The van der Waals surface area contributed by atoms with Gasteiger partial charge in [-0.2, -0.15) is 5.10 Å². The Bertz CT molecular complexity index is 904. The van der Waals surface area contributed by atoms with E-state index in [1.165, 1.54) is 12.1 Å². The van der Waals surface area contributed by atoms with E-state index < -0.39 is 4.92 Å². The largest absolute Gasteiger partial charge is 0.330 e. The predicted octanol–water partition coefficient (Wildman–Crippen LogP) is 3.18. The van der Waals surface area contributed by atoms with Crippen LogP contribution in [0.2, 0.25) is 0 Å². The molecule has 0 unspecified atom stereocenters. The smallest absolute Gasteiger partial charge is 0.270 e. The molecular weight excluding hydrogens is 318 g/mol. The summed E-state index contributed by atoms with van der Waals surface area (Å²) in [5.41, 5.74) is 9.83. The van der Waals surface area contributed by atoms with Crippen LogP contribution in [0.25, 0.3) is 22.5 Å². The lowest BCUT2D eigenvalue weighted by Gasteiger charge is -2.04. The minimum Gasteiger partial charge on any atom is -0.330 e. The van der Waals surface area contributed by atoms with Gasteiger partial charge in [0.25, 0.3) is 5.69 Å². The van der Waals surface area contributed by atoms with Crippen molar-refractivity contribution < 1.29 is 4.92 Å². The Kier molecular flexibility index (Phi) is 4.85. The molecule has 3 rings (SSSR count). The molecule has 0 bridgehead atoms. The Labute approximate surface area is 145 Å². The van der Waals surface area contributed by atoms with E-state index in [0.717, 1.165) is 29.9 Å². The van der Waals surface area contributed by atoms with Crippen LogP contribution in [0.3, 0.4) is 0 Å². The number of hydrogen-bond acceptors (Lipinski definition) is 5. The Morgan fingerprint density at radius 3 is 2.72 bits per heavy atom. The van der Waals surface area contributed by atoms with Gasteiger partial charge in [0.1, 0.15) is 0 Å². The first-order valence-corrected chi connectivity index (χ1v) is 8.04. The van der Waals surface area contributed by atoms with Gasteiger partial charge in [-0.3, -0.25) is 19.8 Å². The Hall–Kier alpha value is -3.06. The summed E-state index contributed by atoms with van der Waals surface area (Å²) in [6.07, 6.45) is 2.56. The van der Waals surface area contributed by atoms with E-state index in [1.807, 2.05) is 35.9 Å². The molecule has 2 heterocycles. The van der Waals surface area contributed by atoms with Crippen LogP contribution in [0.4, 0.5) is 5.69 Å². The predicted molar refractivity (Wildman–Crippen MR) is 96.0 cm³/mol. The molecule has 0 aliphatic heterocycles. The molecule has 1 aromatic carbocycles. The van der Waals surface area contributed by atoms with Gasteiger partial charge in [0.15, 0.2) is 0 Å². The Morgan fingerprint density at radius 1 is 1.16 bits per heavy atom. The topological polar surface area (TPSA) is 99.9 Å². The lowest BCUT2D eigenvalue weighted by Crippen LogP contribution is -2.08. The van der Waals surface area contributed by atoms with Crippen LogP contribution in [0.1, 0.15) is 12.1 Å². The number of nitrogens with zero attached hydrogens (tertiary/aromatic N) is 4. The Morgan fingerprint density at radius 2 is 1.96 bits per heavy atom. The van der Waals surface area contributed by atoms with E-state index in [9.17, 15) is 10.1 Å². The average molecular weight is 337 g/mol. The fourth-order valence-corrected chi connectivity index (χ4v) is 2.65. The number of benzene rings is 1. The van der Waals surface area contributed by atoms with Crippen LogP contribution < -0.4 is 5.73 Å². The third-order valence-corrected chi connectivity index (χ3v) is 3.96. The zero-order valence-corrected chi connectivity index (χ0v) is 13.9. The van der Waals surface area contributed by atoms with Crippen molar-refractivity contribution in [1.82, 2.24) is 14.8 Å². The van der Waals surface area contributed by atoms with Crippen LogP contribution >= 0.6 is 0 Å². The second-order valence-electron chi connectivity index (χ2n) is 5.77. The van der Waals surface area contributed by atoms with Gasteiger partial charge in [-0.05, 0) is 38.1 Å². The van der Waals surface area contributed by atoms with E-state index in [0.29, 0.717) is 17.8 Å². The first kappa shape index (κ1) is 16.8. The lowest BCUT2D eigenvalue weighted by atomic mass is 10.1. The van der Waals surface area contributed by atoms with Crippen LogP contribution in [-0.2, 0) is 6.54 Å². The van der Waals surface area contributed by atoms with Crippen LogP contribution in [0.5, 0.6) is 0 Å². The van der Waals surface area contributed by atoms with Crippen molar-refractivity contribution >= 4 is 5.69 Å². The molecule has 128 valence electrons. The second kappa shape index (κ2) is 7.23. The maximum Gasteiger partial charge on any atom is 0.270 e. The first-order chi connectivity index (χ1) is 12.1. The van der Waals surface area contributed by atoms with Crippen molar-refractivity contribution in [3.05, 3.63) is 64.5 Å². The van der Waals surface area contributed by atoms with Crippen LogP contribution in [0, 0.1) is 17.0 Å². The van der Waals surface area contributed by atoms with Gasteiger partial charge in [0.05, 0.1) is 16.3 Å². The number of pyridine rings is 1. The molecule has 3 aromatic rings. The molecule has 0 aliphatic carbocycles. The minimum absolute atomic E-state index is 0.0478. The van der Waals surface area contributed by atoms with Gasteiger partial charge in [0.2, 0.25) is 0 Å². The molecule has 0 atom stereocenters. The van der Waals surface area contributed by atoms with Gasteiger partial charge in [0, 0.05) is 41.7 Å². The highest BCUT2D eigenvalue weighted by molar-refractivity contribution is 5.69. The summed E-state index contributed by atoms with van der Waals surface area (Å²) in [5, 5.41) is 15.6. The van der Waals surface area contributed by atoms with Crippen molar-refractivity contribution in [3.63, 3.8) is 0 Å². The van der Waals surface area contributed by atoms with E-state index >= 15 is 0 Å². The maximum absolute atomic E-state index is 11.0. The molecule has 7 nitrogen and oxygen atoms in total. The zero-order chi connectivity index (χ0) is 17.8. The van der Waals surface area contributed by atoms with Crippen molar-refractivity contribution in [2.45, 2.75) is 19.9 Å². The number of non-ortho nitro benzene ring substituents is 1. The Balaban J connectivity index is 1.94. The molecule has 2 N–H and O–H groups in total. The van der Waals surface area contributed by atoms with Crippen LogP contribution in [0.15, 0.2) is 48.7 Å². The normalized spacial score (nSPS) is 10.8. The summed E-state index contributed by atoms with van der Waals surface area (Å²) in [7, 11) is 0. The molecule has 0 saturated heterocycles. The molecule has 7 heteroatoms. The highest BCUT2D eigenvalue weighted by Gasteiger charge is 2.11. The number of nitrogens with two attached hydrogens (primary N) is 1. The molecule has 0 amide bonds. The molecular formula is C18H19N5O2. The number of nitro benzene ring substituents is 1. The monoisotopic (exact) mass is 337 g/mol. The van der Waals surface area contributed by atoms with Gasteiger partial charge in [-0.1, -0.05) is 12.1 Å². The van der Waals surface area contributed by atoms with E-state index in [4.69, 9.17) is 5.73 Å². The zero-order valence-electron chi connectivity index (χ0n) is 13.9. The highest BCUT2D eigenvalue weighted by Crippen LogP contribution is 2.26. The summed E-state index contributed by atoms with van der Waals surface area (Å²) in [6, 6.07) is 12.3. The molecule has 0 saturated carbocycles. The molecule has 0 radical (unpaired) electrons. The standard InChI is InChI=1S/C18H19N5O2/c1-13-10-18(21-22(13)9-3-7-19)15-6-8-20-17(12-15)14-4-2-5-16(11-14)23(24)25/h2,4-6,8,10-12H,3,7,9,19H2,1H3. The number of nitro groups is 1. The minimum atomic E-state index is -0.407. The molecule has 0 aliphatic rings. The van der Waals surface area contributed by atoms with Gasteiger partial charge in [-0.25, -0.2) is 0 Å². The fraction of sp³-hybridized carbons (Fsp3) is 0.222. The molecule has 2 aromatic heterocycles. The highest BCUT2D eigenvalue weighted by atomic mass is 16.6. The number of rotatable bonds is 6. The summed E-state index contributed by atoms with van der Waals surface area (Å²) in [5.74, 6) is 0. The lowest BCUT2D eigenvalue weighted by molar-refractivity contribution is -0.384. The second-order valence-corrected chi connectivity index (χ2v) is 5.77. The quantitative estimate of drug-likeness (QED) is 0.550. The van der Waals surface area contributed by atoms with Crippen LogP contribution in [-0.4, -0.2) is 26.2 Å². The van der Waals surface area contributed by atoms with Gasteiger partial charge in [-0.15, -0.1) is 0 Å². The van der Waals surface area contributed by atoms with Gasteiger partial charge >= 0.3 is 0 Å². The fourth-order valence-electron chi connectivity index (χ4n) is 2.65. The summed E-state index contributed by atoms with van der Waals surface area (Å²) in [6.45, 7) is 3.42. The maximum atomic E-state index is 11.0. The SMILES string of the molecule is Cc1cc(-c2ccnc(-c3cccc([N+](=O)[O-])c3)c2)nn1CCCN. The van der Waals surface area contributed by atoms with Crippen molar-refractivity contribution in [2.75, 3.05) is 6.54 Å². The summed E-state index contributed by atoms with van der Waals surface area (Å²) >= 11 is 0. The van der Waals surface area contributed by atoms with Crippen molar-refractivity contribution in [3.8, 4) is 22.5 Å². The number of aryl methyl sites for hydroxylation is 2. The number of aromatic nitrogens is 3. The molecule has 25 heavy (non-hydrogen) atoms. The van der Waals surface area contributed by atoms with Crippen molar-refractivity contribution in [1.29, 1.82) is 0 Å².